The summed E-state index contributed by atoms with van der Waals surface area (Å²) in [5.41, 5.74) is 0.756. The Kier molecular flexibility index (Phi) is 5.35. The Hall–Kier alpha value is -0.980. The fourth-order valence-corrected chi connectivity index (χ4v) is 4.24. The summed E-state index contributed by atoms with van der Waals surface area (Å²) < 4.78 is 40.4. The summed E-state index contributed by atoms with van der Waals surface area (Å²) in [6.07, 6.45) is 4.43. The fourth-order valence-electron chi connectivity index (χ4n) is 2.88. The molecular formula is C15H23FN2O2S. The number of nitrogens with one attached hydrogen (secondary N) is 1. The Balaban J connectivity index is 2.22. The summed E-state index contributed by atoms with van der Waals surface area (Å²) in [6, 6.07) is 4.25. The number of halogens is 1. The molecule has 21 heavy (non-hydrogen) atoms. The quantitative estimate of drug-likeness (QED) is 0.877. The van der Waals surface area contributed by atoms with Crippen LogP contribution in [-0.4, -0.2) is 33.4 Å². The van der Waals surface area contributed by atoms with Crippen molar-refractivity contribution in [2.45, 2.75) is 37.1 Å². The van der Waals surface area contributed by atoms with E-state index >= 15 is 0 Å². The maximum Gasteiger partial charge on any atom is 0.245 e. The van der Waals surface area contributed by atoms with Crippen LogP contribution >= 0.6 is 0 Å². The Morgan fingerprint density at radius 2 is 2.00 bits per heavy atom. The van der Waals surface area contributed by atoms with E-state index in [4.69, 9.17) is 0 Å². The lowest BCUT2D eigenvalue weighted by atomic mass is 10.1. The fraction of sp³-hybridized carbons (Fsp3) is 0.600. The van der Waals surface area contributed by atoms with Gasteiger partial charge in [-0.05, 0) is 43.5 Å². The molecule has 4 nitrogen and oxygen atoms in total. The van der Waals surface area contributed by atoms with Gasteiger partial charge < -0.3 is 5.32 Å². The van der Waals surface area contributed by atoms with E-state index in [0.29, 0.717) is 19.0 Å². The molecule has 1 saturated carbocycles. The zero-order chi connectivity index (χ0) is 15.5. The first kappa shape index (κ1) is 16.4. The predicted molar refractivity (Wildman–Crippen MR) is 80.9 cm³/mol. The van der Waals surface area contributed by atoms with Crippen molar-refractivity contribution in [1.29, 1.82) is 0 Å². The van der Waals surface area contributed by atoms with Gasteiger partial charge in [0.05, 0.1) is 0 Å². The monoisotopic (exact) mass is 314 g/mol. The van der Waals surface area contributed by atoms with Crippen LogP contribution in [-0.2, 0) is 16.6 Å². The number of sulfonamides is 1. The van der Waals surface area contributed by atoms with E-state index < -0.39 is 15.8 Å². The van der Waals surface area contributed by atoms with E-state index in [1.54, 1.807) is 13.1 Å². The zero-order valence-electron chi connectivity index (χ0n) is 12.6. The second kappa shape index (κ2) is 6.85. The van der Waals surface area contributed by atoms with E-state index in [2.05, 4.69) is 5.32 Å². The largest absolute Gasteiger partial charge is 0.316 e. The molecule has 0 amide bonds. The number of benzene rings is 1. The molecule has 0 aliphatic heterocycles. The van der Waals surface area contributed by atoms with Crippen LogP contribution in [0.2, 0.25) is 0 Å². The standard InChI is InChI=1S/C15H23FN2O2S/c1-17-10-13-7-8-14(16)15(9-13)21(19,20)18(2)11-12-5-3-4-6-12/h7-9,12,17H,3-6,10-11H2,1-2H3. The topological polar surface area (TPSA) is 49.4 Å². The second-order valence-corrected chi connectivity index (χ2v) is 7.74. The van der Waals surface area contributed by atoms with Gasteiger partial charge in [0.25, 0.3) is 0 Å². The van der Waals surface area contributed by atoms with Crippen molar-refractivity contribution in [3.05, 3.63) is 29.6 Å². The maximum absolute atomic E-state index is 14.0. The molecule has 1 N–H and O–H groups in total. The smallest absolute Gasteiger partial charge is 0.245 e. The van der Waals surface area contributed by atoms with Crippen LogP contribution in [0.1, 0.15) is 31.2 Å². The van der Waals surface area contributed by atoms with Crippen LogP contribution in [0.4, 0.5) is 4.39 Å². The number of hydrogen-bond donors (Lipinski definition) is 1. The lowest BCUT2D eigenvalue weighted by Gasteiger charge is -2.21. The number of hydrogen-bond acceptors (Lipinski definition) is 3. The molecule has 0 atom stereocenters. The van der Waals surface area contributed by atoms with Crippen molar-refractivity contribution in [2.24, 2.45) is 5.92 Å². The van der Waals surface area contributed by atoms with Crippen LogP contribution < -0.4 is 5.32 Å². The van der Waals surface area contributed by atoms with Gasteiger partial charge in [-0.25, -0.2) is 17.1 Å². The lowest BCUT2D eigenvalue weighted by Crippen LogP contribution is -2.32. The highest BCUT2D eigenvalue weighted by Crippen LogP contribution is 2.27. The molecule has 1 fully saturated rings. The number of nitrogens with zero attached hydrogens (tertiary/aromatic N) is 1. The van der Waals surface area contributed by atoms with Crippen molar-refractivity contribution >= 4 is 10.0 Å². The molecule has 0 radical (unpaired) electrons. The minimum absolute atomic E-state index is 0.226. The van der Waals surface area contributed by atoms with Crippen LogP contribution in [0.25, 0.3) is 0 Å². The molecule has 0 unspecified atom stereocenters. The normalized spacial score (nSPS) is 16.8. The van der Waals surface area contributed by atoms with E-state index in [1.165, 1.54) is 23.5 Å². The summed E-state index contributed by atoms with van der Waals surface area (Å²) in [4.78, 5) is -0.226. The SMILES string of the molecule is CNCc1ccc(F)c(S(=O)(=O)N(C)CC2CCCC2)c1. The van der Waals surface area contributed by atoms with Gasteiger partial charge in [0.15, 0.2) is 0 Å². The van der Waals surface area contributed by atoms with Gasteiger partial charge in [0, 0.05) is 20.1 Å². The van der Waals surface area contributed by atoms with Gasteiger partial charge >= 0.3 is 0 Å². The molecule has 1 aromatic rings. The minimum atomic E-state index is -3.77. The van der Waals surface area contributed by atoms with E-state index in [0.717, 1.165) is 31.2 Å². The molecule has 1 aliphatic carbocycles. The molecule has 0 heterocycles. The van der Waals surface area contributed by atoms with Crippen molar-refractivity contribution < 1.29 is 12.8 Å². The highest BCUT2D eigenvalue weighted by atomic mass is 32.2. The highest BCUT2D eigenvalue weighted by Gasteiger charge is 2.28. The molecular weight excluding hydrogens is 291 g/mol. The van der Waals surface area contributed by atoms with Gasteiger partial charge in [0.2, 0.25) is 10.0 Å². The van der Waals surface area contributed by atoms with Gasteiger partial charge in [-0.3, -0.25) is 0 Å². The van der Waals surface area contributed by atoms with Gasteiger partial charge in [0.1, 0.15) is 10.7 Å². The Morgan fingerprint density at radius 1 is 1.33 bits per heavy atom. The first-order valence-electron chi connectivity index (χ1n) is 7.34. The van der Waals surface area contributed by atoms with Crippen LogP contribution in [0.5, 0.6) is 0 Å². The molecule has 1 aliphatic rings. The summed E-state index contributed by atoms with van der Waals surface area (Å²) in [6.45, 7) is 0.979. The first-order chi connectivity index (χ1) is 9.95. The molecule has 118 valence electrons. The lowest BCUT2D eigenvalue weighted by molar-refractivity contribution is 0.385. The van der Waals surface area contributed by atoms with Crippen LogP contribution in [0.15, 0.2) is 23.1 Å². The van der Waals surface area contributed by atoms with Crippen molar-refractivity contribution in [1.82, 2.24) is 9.62 Å². The molecule has 6 heteroatoms. The molecule has 0 bridgehead atoms. The summed E-state index contributed by atoms with van der Waals surface area (Å²) in [7, 11) is -0.460. The van der Waals surface area contributed by atoms with E-state index in [1.807, 2.05) is 0 Å². The third kappa shape index (κ3) is 3.81. The molecule has 0 saturated heterocycles. The van der Waals surface area contributed by atoms with Gasteiger partial charge in [-0.1, -0.05) is 18.9 Å². The van der Waals surface area contributed by atoms with Crippen molar-refractivity contribution in [3.8, 4) is 0 Å². The molecule has 2 rings (SSSR count). The summed E-state index contributed by atoms with van der Waals surface area (Å²) >= 11 is 0. The Labute approximate surface area is 126 Å². The van der Waals surface area contributed by atoms with Gasteiger partial charge in [-0.2, -0.15) is 0 Å². The van der Waals surface area contributed by atoms with E-state index in [-0.39, 0.29) is 4.90 Å². The van der Waals surface area contributed by atoms with Crippen molar-refractivity contribution in [2.75, 3.05) is 20.6 Å². The van der Waals surface area contributed by atoms with Crippen molar-refractivity contribution in [3.63, 3.8) is 0 Å². The van der Waals surface area contributed by atoms with Crippen LogP contribution in [0.3, 0.4) is 0 Å². The van der Waals surface area contributed by atoms with Gasteiger partial charge in [-0.15, -0.1) is 0 Å². The third-order valence-corrected chi connectivity index (χ3v) is 5.89. The summed E-state index contributed by atoms with van der Waals surface area (Å²) in [5.74, 6) is -0.290. The molecule has 1 aromatic carbocycles. The van der Waals surface area contributed by atoms with Crippen LogP contribution in [0, 0.1) is 11.7 Å². The second-order valence-electron chi connectivity index (χ2n) is 5.73. The number of rotatable bonds is 6. The molecule has 0 spiro atoms. The average molecular weight is 314 g/mol. The predicted octanol–water partition coefficient (Wildman–Crippen LogP) is 2.36. The first-order valence-corrected chi connectivity index (χ1v) is 8.78. The molecule has 0 aromatic heterocycles. The Bertz CT molecular complexity index is 583. The summed E-state index contributed by atoms with van der Waals surface area (Å²) in [5, 5.41) is 2.94. The minimum Gasteiger partial charge on any atom is -0.316 e. The van der Waals surface area contributed by atoms with E-state index in [9.17, 15) is 12.8 Å². The average Bonchev–Trinajstić information content (AvgIpc) is 2.94. The maximum atomic E-state index is 14.0. The highest BCUT2D eigenvalue weighted by molar-refractivity contribution is 7.89. The Morgan fingerprint density at radius 3 is 2.62 bits per heavy atom. The third-order valence-electron chi connectivity index (χ3n) is 4.05. The zero-order valence-corrected chi connectivity index (χ0v) is 13.4.